The molecule has 2 aliphatic heterocycles. The van der Waals surface area contributed by atoms with Gasteiger partial charge in [-0.1, -0.05) is 31.2 Å². The van der Waals surface area contributed by atoms with Crippen molar-refractivity contribution in [2.24, 2.45) is 5.92 Å². The number of carbonyl (C=O) groups is 2. The first-order valence-corrected chi connectivity index (χ1v) is 13.6. The van der Waals surface area contributed by atoms with Gasteiger partial charge in [-0.05, 0) is 69.9 Å². The van der Waals surface area contributed by atoms with Crippen LogP contribution in [0.4, 0.5) is 0 Å². The molecule has 216 valence electrons. The molecule has 0 spiro atoms. The summed E-state index contributed by atoms with van der Waals surface area (Å²) >= 11 is 0. The molecule has 0 aliphatic carbocycles. The van der Waals surface area contributed by atoms with E-state index in [1.807, 2.05) is 32.9 Å². The molecule has 4 rings (SSSR count). The highest BCUT2D eigenvalue weighted by Crippen LogP contribution is 2.36. The lowest BCUT2D eigenvalue weighted by Gasteiger charge is -2.26. The zero-order valence-corrected chi connectivity index (χ0v) is 23.6. The molecule has 0 radical (unpaired) electrons. The Kier molecular flexibility index (Phi) is 9.50. The van der Waals surface area contributed by atoms with Gasteiger partial charge in [0.25, 0.3) is 0 Å². The summed E-state index contributed by atoms with van der Waals surface area (Å²) in [6.45, 7) is 7.27. The molecule has 0 bridgehead atoms. The van der Waals surface area contributed by atoms with Crippen LogP contribution >= 0.6 is 0 Å². The lowest BCUT2D eigenvalue weighted by Crippen LogP contribution is -2.38. The monoisotopic (exact) mass is 554 g/mol. The molecule has 2 heterocycles. The quantitative estimate of drug-likeness (QED) is 0.303. The van der Waals surface area contributed by atoms with Crippen LogP contribution in [0, 0.1) is 5.92 Å². The number of cyclic esters (lactones) is 1. The third-order valence-corrected chi connectivity index (χ3v) is 7.08. The summed E-state index contributed by atoms with van der Waals surface area (Å²) in [5, 5.41) is 10.4. The number of ether oxygens (including phenoxy) is 6. The van der Waals surface area contributed by atoms with Crippen LogP contribution in [0.1, 0.15) is 66.8 Å². The van der Waals surface area contributed by atoms with Gasteiger partial charge in [-0.3, -0.25) is 0 Å². The van der Waals surface area contributed by atoms with Gasteiger partial charge < -0.3 is 33.5 Å². The summed E-state index contributed by atoms with van der Waals surface area (Å²) in [6.07, 6.45) is 3.01. The number of hydrogen-bond donors (Lipinski definition) is 1. The Morgan fingerprint density at radius 2 is 1.85 bits per heavy atom. The average molecular weight is 555 g/mol. The Morgan fingerprint density at radius 1 is 1.10 bits per heavy atom. The molecule has 2 aromatic carbocycles. The predicted molar refractivity (Wildman–Crippen MR) is 146 cm³/mol. The van der Waals surface area contributed by atoms with E-state index >= 15 is 0 Å². The van der Waals surface area contributed by atoms with Crippen molar-refractivity contribution in [2.45, 2.75) is 77.2 Å². The van der Waals surface area contributed by atoms with Crippen LogP contribution in [-0.4, -0.2) is 61.2 Å². The number of hydrogen-bond acceptors (Lipinski definition) is 9. The van der Waals surface area contributed by atoms with E-state index in [1.54, 1.807) is 43.3 Å². The maximum Gasteiger partial charge on any atom is 0.342 e. The number of aryl methyl sites for hydroxylation is 1. The first-order valence-electron chi connectivity index (χ1n) is 13.6. The van der Waals surface area contributed by atoms with Crippen molar-refractivity contribution in [3.63, 3.8) is 0 Å². The minimum atomic E-state index is -0.885. The number of phenolic OH excluding ortho intramolecular Hbond substituents is 1. The van der Waals surface area contributed by atoms with Gasteiger partial charge in [0.05, 0.1) is 11.7 Å². The average Bonchev–Trinajstić information content (AvgIpc) is 3.22. The van der Waals surface area contributed by atoms with Crippen LogP contribution in [-0.2, 0) is 30.1 Å². The molecule has 0 saturated carbocycles. The first kappa shape index (κ1) is 29.6. The van der Waals surface area contributed by atoms with Crippen molar-refractivity contribution in [1.29, 1.82) is 0 Å². The summed E-state index contributed by atoms with van der Waals surface area (Å²) in [4.78, 5) is 26.4. The topological polar surface area (TPSA) is 110 Å². The molecule has 2 aliphatic rings. The normalized spacial score (nSPS) is 26.6. The van der Waals surface area contributed by atoms with Gasteiger partial charge in [0.2, 0.25) is 0 Å². The molecular weight excluding hydrogens is 516 g/mol. The van der Waals surface area contributed by atoms with E-state index in [2.05, 4.69) is 0 Å². The number of esters is 2. The highest BCUT2D eigenvalue weighted by atomic mass is 16.8. The van der Waals surface area contributed by atoms with Crippen molar-refractivity contribution in [2.75, 3.05) is 13.9 Å². The molecule has 2 aromatic rings. The Hall–Kier alpha value is -3.40. The second-order valence-electron chi connectivity index (χ2n) is 10.7. The minimum absolute atomic E-state index is 0.0320. The van der Waals surface area contributed by atoms with Gasteiger partial charge in [-0.25, -0.2) is 9.59 Å². The van der Waals surface area contributed by atoms with E-state index in [-0.39, 0.29) is 35.9 Å². The smallest absolute Gasteiger partial charge is 0.342 e. The van der Waals surface area contributed by atoms with Gasteiger partial charge in [-0.2, -0.15) is 0 Å². The molecule has 9 heteroatoms. The Labute approximate surface area is 235 Å². The van der Waals surface area contributed by atoms with Gasteiger partial charge >= 0.3 is 11.9 Å². The van der Waals surface area contributed by atoms with Crippen molar-refractivity contribution in [3.8, 4) is 11.5 Å². The number of methoxy groups -OCH3 is 1. The number of carbonyl (C=O) groups excluding carboxylic acids is 2. The van der Waals surface area contributed by atoms with Crippen LogP contribution in [0.5, 0.6) is 11.5 Å². The van der Waals surface area contributed by atoms with E-state index in [0.717, 1.165) is 0 Å². The third-order valence-electron chi connectivity index (χ3n) is 7.08. The summed E-state index contributed by atoms with van der Waals surface area (Å²) in [5.41, 5.74) is 1.28. The Morgan fingerprint density at radius 3 is 2.58 bits per heavy atom. The van der Waals surface area contributed by atoms with Crippen molar-refractivity contribution >= 4 is 11.9 Å². The second kappa shape index (κ2) is 12.8. The fourth-order valence-electron chi connectivity index (χ4n) is 4.94. The summed E-state index contributed by atoms with van der Waals surface area (Å²) < 4.78 is 35.0. The Bertz CT molecular complexity index is 1210. The summed E-state index contributed by atoms with van der Waals surface area (Å²) in [7, 11) is 1.47. The third kappa shape index (κ3) is 7.21. The van der Waals surface area contributed by atoms with E-state index in [0.29, 0.717) is 30.4 Å². The highest BCUT2D eigenvalue weighted by molar-refractivity contribution is 5.94. The van der Waals surface area contributed by atoms with Crippen LogP contribution in [0.3, 0.4) is 0 Å². The lowest BCUT2D eigenvalue weighted by atomic mass is 9.95. The SMILES string of the molecule is COCOc1cc(O)cc2c1C(=O)O[C@@H](C)[C@H](C)C=CC(OC(=O)c1ccccc1)C1OC(C)(C)O[C@H]1CCC2. The van der Waals surface area contributed by atoms with Crippen LogP contribution in [0.2, 0.25) is 0 Å². The Balaban J connectivity index is 1.68. The maximum absolute atomic E-state index is 13.4. The second-order valence-corrected chi connectivity index (χ2v) is 10.7. The largest absolute Gasteiger partial charge is 0.508 e. The number of rotatable bonds is 5. The summed E-state index contributed by atoms with van der Waals surface area (Å²) in [5.74, 6) is -1.99. The van der Waals surface area contributed by atoms with E-state index in [9.17, 15) is 14.7 Å². The molecule has 40 heavy (non-hydrogen) atoms. The number of phenols is 1. The van der Waals surface area contributed by atoms with Crippen molar-refractivity contribution < 1.29 is 43.1 Å². The molecule has 1 N–H and O–H groups in total. The van der Waals surface area contributed by atoms with E-state index < -0.39 is 36.0 Å². The number of benzene rings is 2. The molecule has 5 atom stereocenters. The predicted octanol–water partition coefficient (Wildman–Crippen LogP) is 5.19. The zero-order chi connectivity index (χ0) is 28.9. The van der Waals surface area contributed by atoms with Gasteiger partial charge in [0.15, 0.2) is 12.6 Å². The van der Waals surface area contributed by atoms with Crippen molar-refractivity contribution in [1.82, 2.24) is 0 Å². The minimum Gasteiger partial charge on any atom is -0.508 e. The molecule has 9 nitrogen and oxygen atoms in total. The number of fused-ring (bicyclic) bond motifs is 2. The maximum atomic E-state index is 13.4. The van der Waals surface area contributed by atoms with Gasteiger partial charge in [-0.15, -0.1) is 0 Å². The molecule has 2 unspecified atom stereocenters. The zero-order valence-electron chi connectivity index (χ0n) is 23.6. The molecular formula is C31H38O9. The first-order chi connectivity index (χ1) is 19.1. The van der Waals surface area contributed by atoms with Gasteiger partial charge in [0, 0.05) is 19.1 Å². The molecule has 1 saturated heterocycles. The number of aromatic hydroxyl groups is 1. The van der Waals surface area contributed by atoms with Gasteiger partial charge in [0.1, 0.15) is 35.4 Å². The summed E-state index contributed by atoms with van der Waals surface area (Å²) in [6, 6.07) is 11.7. The molecule has 1 fully saturated rings. The van der Waals surface area contributed by atoms with Crippen LogP contribution in [0.25, 0.3) is 0 Å². The van der Waals surface area contributed by atoms with Crippen molar-refractivity contribution in [3.05, 3.63) is 71.3 Å². The standard InChI is InChI=1S/C31H38O9/c1-19-14-15-24(38-29(33)21-10-7-6-8-11-21)28-25(39-31(3,4)40-28)13-9-12-22-16-23(32)17-26(36-18-35-5)27(22)30(34)37-20(19)2/h6-8,10-11,14-17,19-20,24-25,28,32H,9,12-13,18H2,1-5H3/t19-,20+,24?,25+,28?/m1/s1. The molecule has 0 aromatic heterocycles. The van der Waals surface area contributed by atoms with E-state index in [4.69, 9.17) is 28.4 Å². The fraction of sp³-hybridized carbons (Fsp3) is 0.484. The van der Waals surface area contributed by atoms with Crippen LogP contribution < -0.4 is 4.74 Å². The van der Waals surface area contributed by atoms with Crippen LogP contribution in [0.15, 0.2) is 54.6 Å². The lowest BCUT2D eigenvalue weighted by molar-refractivity contribution is -0.153. The van der Waals surface area contributed by atoms with E-state index in [1.165, 1.54) is 13.2 Å². The highest BCUT2D eigenvalue weighted by Gasteiger charge is 2.45. The fourth-order valence-corrected chi connectivity index (χ4v) is 4.94. The molecule has 0 amide bonds.